The number of nitrogens with one attached hydrogen (secondary N) is 4. The van der Waals surface area contributed by atoms with Gasteiger partial charge in [0.1, 0.15) is 0 Å². The largest absolute Gasteiger partial charge is 0.350 e. The maximum Gasteiger partial charge on any atom is 0.330 e. The van der Waals surface area contributed by atoms with Crippen molar-refractivity contribution in [3.63, 3.8) is 0 Å². The molecular weight excluding hydrogens is 196 g/mol. The van der Waals surface area contributed by atoms with E-state index >= 15 is 0 Å². The van der Waals surface area contributed by atoms with Crippen molar-refractivity contribution in [2.45, 2.75) is 0 Å². The molecule has 0 heterocycles. The fourth-order valence-corrected chi connectivity index (χ4v) is 0.350. The minimum absolute atomic E-state index is 1.05. The molecular formula is C4H8N6O4. The third-order valence-corrected chi connectivity index (χ3v) is 0.805. The number of rotatable bonds is 0. The molecule has 14 heavy (non-hydrogen) atoms. The van der Waals surface area contributed by atoms with Gasteiger partial charge in [-0.1, -0.05) is 0 Å². The lowest BCUT2D eigenvalue weighted by molar-refractivity contribution is -0.140. The zero-order valence-electron chi connectivity index (χ0n) is 6.79. The topological polar surface area (TPSA) is 168 Å². The lowest BCUT2D eigenvalue weighted by atomic mass is 10.6. The highest BCUT2D eigenvalue weighted by Gasteiger charge is 2.13. The molecule has 0 aliphatic rings. The van der Waals surface area contributed by atoms with Crippen molar-refractivity contribution in [2.75, 3.05) is 0 Å². The first-order valence-electron chi connectivity index (χ1n) is 3.14. The van der Waals surface area contributed by atoms with E-state index in [9.17, 15) is 19.2 Å². The Morgan fingerprint density at radius 1 is 0.643 bits per heavy atom. The van der Waals surface area contributed by atoms with E-state index in [1.165, 1.54) is 0 Å². The lowest BCUT2D eigenvalue weighted by Gasteiger charge is -2.05. The molecule has 8 N–H and O–H groups in total. The molecule has 0 saturated heterocycles. The van der Waals surface area contributed by atoms with Gasteiger partial charge in [-0.3, -0.25) is 20.4 Å². The number of amides is 6. The van der Waals surface area contributed by atoms with Crippen LogP contribution in [0.4, 0.5) is 9.59 Å². The Labute approximate surface area is 77.3 Å². The van der Waals surface area contributed by atoms with Crippen molar-refractivity contribution in [3.8, 4) is 0 Å². The van der Waals surface area contributed by atoms with Gasteiger partial charge in [-0.25, -0.2) is 20.4 Å². The van der Waals surface area contributed by atoms with Crippen molar-refractivity contribution in [3.05, 3.63) is 0 Å². The highest BCUT2D eigenvalue weighted by atomic mass is 16.2. The number of carbonyl (C=O) groups excluding carboxylic acids is 4. The molecule has 0 atom stereocenters. The maximum absolute atomic E-state index is 10.7. The number of hydrogen-bond donors (Lipinski definition) is 6. The summed E-state index contributed by atoms with van der Waals surface area (Å²) in [7, 11) is 0. The number of hydrazine groups is 2. The van der Waals surface area contributed by atoms with Crippen LogP contribution < -0.4 is 33.2 Å². The molecule has 78 valence electrons. The molecule has 0 fully saturated rings. The zero-order chi connectivity index (χ0) is 11.1. The summed E-state index contributed by atoms with van der Waals surface area (Å²) >= 11 is 0. The second-order valence-electron chi connectivity index (χ2n) is 1.89. The first-order valence-corrected chi connectivity index (χ1v) is 3.14. The van der Waals surface area contributed by atoms with Crippen LogP contribution in [0.2, 0.25) is 0 Å². The summed E-state index contributed by atoms with van der Waals surface area (Å²) in [6.07, 6.45) is 0. The third kappa shape index (κ3) is 5.17. The smallest absolute Gasteiger partial charge is 0.330 e. The molecule has 10 heteroatoms. The van der Waals surface area contributed by atoms with E-state index in [1.54, 1.807) is 21.7 Å². The summed E-state index contributed by atoms with van der Waals surface area (Å²) in [5, 5.41) is 0. The fourth-order valence-electron chi connectivity index (χ4n) is 0.350. The Hall–Kier alpha value is -2.52. The van der Waals surface area contributed by atoms with E-state index in [0.29, 0.717) is 0 Å². The molecule has 0 rings (SSSR count). The second kappa shape index (κ2) is 5.18. The maximum atomic E-state index is 10.7. The van der Waals surface area contributed by atoms with Gasteiger partial charge < -0.3 is 11.5 Å². The van der Waals surface area contributed by atoms with E-state index in [-0.39, 0.29) is 0 Å². The van der Waals surface area contributed by atoms with Crippen LogP contribution in [0.3, 0.4) is 0 Å². The minimum Gasteiger partial charge on any atom is -0.350 e. The van der Waals surface area contributed by atoms with Crippen LogP contribution in [0, 0.1) is 0 Å². The van der Waals surface area contributed by atoms with Crippen molar-refractivity contribution < 1.29 is 19.2 Å². The van der Waals surface area contributed by atoms with Gasteiger partial charge in [0.2, 0.25) is 0 Å². The molecule has 0 aromatic rings. The van der Waals surface area contributed by atoms with Gasteiger partial charge in [-0.15, -0.1) is 0 Å². The number of carbonyl (C=O) groups is 4. The van der Waals surface area contributed by atoms with Crippen LogP contribution >= 0.6 is 0 Å². The Kier molecular flexibility index (Phi) is 4.25. The fraction of sp³-hybridized carbons (Fsp3) is 0. The quantitative estimate of drug-likeness (QED) is 0.177. The number of urea groups is 2. The van der Waals surface area contributed by atoms with Gasteiger partial charge in [-0.05, 0) is 0 Å². The Morgan fingerprint density at radius 3 is 1.14 bits per heavy atom. The SMILES string of the molecule is NC(=O)NNC(=O)C(=O)NNC(N)=O. The summed E-state index contributed by atoms with van der Waals surface area (Å²) in [6.45, 7) is 0. The third-order valence-electron chi connectivity index (χ3n) is 0.805. The average Bonchev–Trinajstić information content (AvgIpc) is 2.09. The second-order valence-corrected chi connectivity index (χ2v) is 1.89. The summed E-state index contributed by atoms with van der Waals surface area (Å²) in [5.74, 6) is -2.45. The van der Waals surface area contributed by atoms with E-state index in [2.05, 4.69) is 11.5 Å². The predicted molar refractivity (Wildman–Crippen MR) is 41.7 cm³/mol. The summed E-state index contributed by atoms with van der Waals surface area (Å²) in [4.78, 5) is 41.5. The summed E-state index contributed by atoms with van der Waals surface area (Å²) in [5.41, 5.74) is 15.7. The average molecular weight is 204 g/mol. The van der Waals surface area contributed by atoms with Crippen molar-refractivity contribution in [1.29, 1.82) is 0 Å². The van der Waals surface area contributed by atoms with E-state index < -0.39 is 23.9 Å². The van der Waals surface area contributed by atoms with Gasteiger partial charge in [0, 0.05) is 0 Å². The molecule has 0 aromatic carbocycles. The van der Waals surface area contributed by atoms with Crippen LogP contribution in [0.25, 0.3) is 0 Å². The molecule has 0 aromatic heterocycles. The van der Waals surface area contributed by atoms with Gasteiger partial charge in [0.05, 0.1) is 0 Å². The van der Waals surface area contributed by atoms with Gasteiger partial charge in [-0.2, -0.15) is 0 Å². The minimum atomic E-state index is -1.22. The standard InChI is InChI=1S/C4H8N6O4/c5-3(13)9-7-1(11)2(12)8-10-4(6)14/h(H,7,11)(H,8,12)(H3,5,9,13)(H3,6,10,14). The summed E-state index contributed by atoms with van der Waals surface area (Å²) in [6, 6.07) is -2.09. The monoisotopic (exact) mass is 204 g/mol. The van der Waals surface area contributed by atoms with E-state index in [4.69, 9.17) is 0 Å². The molecule has 0 radical (unpaired) electrons. The number of nitrogens with two attached hydrogens (primary N) is 2. The van der Waals surface area contributed by atoms with E-state index in [0.717, 1.165) is 0 Å². The lowest BCUT2D eigenvalue weighted by Crippen LogP contribution is -2.54. The highest BCUT2D eigenvalue weighted by Crippen LogP contribution is 1.63. The molecule has 10 nitrogen and oxygen atoms in total. The van der Waals surface area contributed by atoms with Crippen LogP contribution in [0.1, 0.15) is 0 Å². The first-order chi connectivity index (χ1) is 6.43. The normalized spacial score (nSPS) is 8.29. The Morgan fingerprint density at radius 2 is 0.929 bits per heavy atom. The van der Waals surface area contributed by atoms with Crippen LogP contribution in [0.5, 0.6) is 0 Å². The highest BCUT2D eigenvalue weighted by molar-refractivity contribution is 6.35. The predicted octanol–water partition coefficient (Wildman–Crippen LogP) is -3.61. The van der Waals surface area contributed by atoms with E-state index in [1.807, 2.05) is 0 Å². The molecule has 0 aliphatic carbocycles. The van der Waals surface area contributed by atoms with Crippen molar-refractivity contribution in [1.82, 2.24) is 21.7 Å². The Balaban J connectivity index is 3.82. The summed E-state index contributed by atoms with van der Waals surface area (Å²) < 4.78 is 0. The molecule has 0 spiro atoms. The van der Waals surface area contributed by atoms with Crippen LogP contribution in [-0.4, -0.2) is 23.9 Å². The van der Waals surface area contributed by atoms with Crippen LogP contribution in [0.15, 0.2) is 0 Å². The van der Waals surface area contributed by atoms with Crippen LogP contribution in [-0.2, 0) is 9.59 Å². The number of primary amides is 2. The molecule has 0 aliphatic heterocycles. The van der Waals surface area contributed by atoms with Gasteiger partial charge in [0.15, 0.2) is 0 Å². The Bertz CT molecular complexity index is 247. The van der Waals surface area contributed by atoms with Crippen molar-refractivity contribution in [2.24, 2.45) is 11.5 Å². The molecule has 0 saturated carbocycles. The molecule has 0 bridgehead atoms. The number of hydrogen-bond acceptors (Lipinski definition) is 4. The van der Waals surface area contributed by atoms with Gasteiger partial charge in [0.25, 0.3) is 0 Å². The molecule has 0 unspecified atom stereocenters. The first kappa shape index (κ1) is 11.5. The van der Waals surface area contributed by atoms with Gasteiger partial charge >= 0.3 is 23.9 Å². The van der Waals surface area contributed by atoms with Crippen molar-refractivity contribution >= 4 is 23.9 Å². The molecule has 6 amide bonds. The zero-order valence-corrected chi connectivity index (χ0v) is 6.79.